The average Bonchev–Trinajstić information content (AvgIpc) is 2.70. The highest BCUT2D eigenvalue weighted by Crippen LogP contribution is 2.54. The van der Waals surface area contributed by atoms with Crippen LogP contribution in [0.5, 0.6) is 0 Å². The van der Waals surface area contributed by atoms with Crippen LogP contribution in [0.4, 0.5) is 39.5 Å². The lowest BCUT2D eigenvalue weighted by Gasteiger charge is -2.33. The summed E-state index contributed by atoms with van der Waals surface area (Å²) in [6.07, 6.45) is -7.73. The van der Waals surface area contributed by atoms with E-state index in [2.05, 4.69) is 10.3 Å². The van der Waals surface area contributed by atoms with Gasteiger partial charge in [-0.2, -0.15) is 39.5 Å². The number of aromatic nitrogens is 3. The molecule has 0 fully saturated rings. The van der Waals surface area contributed by atoms with Gasteiger partial charge in [0.2, 0.25) is 0 Å². The molecular weight excluding hydrogens is 321 g/mol. The van der Waals surface area contributed by atoms with Gasteiger partial charge < -0.3 is 0 Å². The Morgan fingerprint density at radius 1 is 0.952 bits per heavy atom. The van der Waals surface area contributed by atoms with E-state index in [1.165, 1.54) is 6.92 Å². The summed E-state index contributed by atoms with van der Waals surface area (Å²) in [5.41, 5.74) is 0.227. The number of aryl methyl sites for hydroxylation is 2. The fourth-order valence-corrected chi connectivity index (χ4v) is 1.32. The van der Waals surface area contributed by atoms with Crippen LogP contribution in [0, 0.1) is 6.92 Å². The summed E-state index contributed by atoms with van der Waals surface area (Å²) in [6, 6.07) is 0. The summed E-state index contributed by atoms with van der Waals surface area (Å²) in [5.74, 6) is -19.0. The molecule has 0 spiro atoms. The normalized spacial score (nSPS) is 14.6. The molecule has 0 radical (unpaired) electrons. The number of rotatable bonds is 5. The molecule has 0 N–H and O–H groups in total. The lowest BCUT2D eigenvalue weighted by molar-refractivity contribution is -0.397. The van der Waals surface area contributed by atoms with Crippen LogP contribution in [-0.4, -0.2) is 38.9 Å². The first-order valence-electron chi connectivity index (χ1n) is 5.29. The van der Waals surface area contributed by atoms with Crippen LogP contribution in [0.2, 0.25) is 0 Å². The lowest BCUT2D eigenvalue weighted by Crippen LogP contribution is -2.61. The predicted molar refractivity (Wildman–Crippen MR) is 50.3 cm³/mol. The van der Waals surface area contributed by atoms with E-state index in [4.69, 9.17) is 0 Å². The fraction of sp³-hybridized carbons (Fsp3) is 0.778. The predicted octanol–water partition coefficient (Wildman–Crippen LogP) is 3.44. The first kappa shape index (κ1) is 17.6. The van der Waals surface area contributed by atoms with Gasteiger partial charge in [-0.25, -0.2) is 0 Å². The van der Waals surface area contributed by atoms with Crippen molar-refractivity contribution in [2.45, 2.75) is 43.8 Å². The molecule has 0 saturated carbocycles. The lowest BCUT2D eigenvalue weighted by atomic mass is 10.0. The van der Waals surface area contributed by atoms with E-state index in [9.17, 15) is 39.5 Å². The number of hydrogen-bond acceptors (Lipinski definition) is 2. The number of alkyl halides is 9. The third kappa shape index (κ3) is 3.07. The third-order valence-electron chi connectivity index (χ3n) is 2.52. The Labute approximate surface area is 111 Å². The Balaban J connectivity index is 2.94. The number of nitrogens with zero attached hydrogens (tertiary/aromatic N) is 3. The molecule has 12 heteroatoms. The summed E-state index contributed by atoms with van der Waals surface area (Å²) in [5, 5.41) is 6.51. The maximum Gasteiger partial charge on any atom is 0.460 e. The molecule has 0 aliphatic heterocycles. The summed E-state index contributed by atoms with van der Waals surface area (Å²) < 4.78 is 113. The van der Waals surface area contributed by atoms with Gasteiger partial charge in [0, 0.05) is 19.2 Å². The molecule has 0 aromatic carbocycles. The molecule has 0 saturated heterocycles. The minimum atomic E-state index is -6.86. The van der Waals surface area contributed by atoms with Gasteiger partial charge >= 0.3 is 23.9 Å². The third-order valence-corrected chi connectivity index (χ3v) is 2.52. The molecule has 0 unspecified atom stereocenters. The van der Waals surface area contributed by atoms with Gasteiger partial charge in [-0.3, -0.25) is 4.68 Å². The van der Waals surface area contributed by atoms with Crippen LogP contribution >= 0.6 is 0 Å². The highest BCUT2D eigenvalue weighted by atomic mass is 19.4. The maximum atomic E-state index is 13.1. The van der Waals surface area contributed by atoms with Gasteiger partial charge in [0.1, 0.15) is 0 Å². The van der Waals surface area contributed by atoms with Crippen molar-refractivity contribution in [1.29, 1.82) is 0 Å². The molecule has 0 bridgehead atoms. The van der Waals surface area contributed by atoms with Gasteiger partial charge in [0.15, 0.2) is 0 Å². The molecular formula is C9H8F9N3. The Kier molecular flexibility index (Phi) is 4.23. The van der Waals surface area contributed by atoms with E-state index in [1.807, 2.05) is 0 Å². The molecule has 122 valence electrons. The fourth-order valence-electron chi connectivity index (χ4n) is 1.32. The molecule has 0 atom stereocenters. The van der Waals surface area contributed by atoms with Crippen LogP contribution in [-0.2, 0) is 6.54 Å². The topological polar surface area (TPSA) is 30.7 Å². The van der Waals surface area contributed by atoms with Crippen LogP contribution in [0.1, 0.15) is 12.1 Å². The Hall–Kier alpha value is -1.49. The zero-order valence-electron chi connectivity index (χ0n) is 10.2. The molecule has 1 aromatic heterocycles. The van der Waals surface area contributed by atoms with E-state index in [0.717, 1.165) is 6.20 Å². The van der Waals surface area contributed by atoms with E-state index >= 15 is 0 Å². The van der Waals surface area contributed by atoms with Gasteiger partial charge in [-0.1, -0.05) is 5.21 Å². The maximum absolute atomic E-state index is 13.1. The minimum absolute atomic E-state index is 0.227. The Morgan fingerprint density at radius 3 is 1.86 bits per heavy atom. The van der Waals surface area contributed by atoms with E-state index in [1.54, 1.807) is 0 Å². The quantitative estimate of drug-likeness (QED) is 0.775. The van der Waals surface area contributed by atoms with Crippen LogP contribution in [0.15, 0.2) is 6.20 Å². The van der Waals surface area contributed by atoms with E-state index in [-0.39, 0.29) is 5.69 Å². The molecule has 0 aliphatic carbocycles. The van der Waals surface area contributed by atoms with Crippen molar-refractivity contribution in [3.8, 4) is 0 Å². The van der Waals surface area contributed by atoms with Gasteiger partial charge in [0.25, 0.3) is 0 Å². The van der Waals surface area contributed by atoms with Gasteiger partial charge in [0.05, 0.1) is 5.69 Å². The van der Waals surface area contributed by atoms with Gasteiger partial charge in [-0.05, 0) is 6.92 Å². The molecule has 3 nitrogen and oxygen atoms in total. The van der Waals surface area contributed by atoms with Crippen molar-refractivity contribution in [1.82, 2.24) is 15.0 Å². The zero-order valence-corrected chi connectivity index (χ0v) is 10.2. The van der Waals surface area contributed by atoms with Crippen LogP contribution < -0.4 is 0 Å². The minimum Gasteiger partial charge on any atom is -0.252 e. The molecule has 21 heavy (non-hydrogen) atoms. The largest absolute Gasteiger partial charge is 0.460 e. The van der Waals surface area contributed by atoms with Crippen molar-refractivity contribution in [2.24, 2.45) is 0 Å². The monoisotopic (exact) mass is 329 g/mol. The van der Waals surface area contributed by atoms with Crippen molar-refractivity contribution in [2.75, 3.05) is 0 Å². The van der Waals surface area contributed by atoms with Crippen LogP contribution in [0.3, 0.4) is 0 Å². The van der Waals surface area contributed by atoms with Crippen molar-refractivity contribution in [3.63, 3.8) is 0 Å². The Bertz CT molecular complexity index is 491. The van der Waals surface area contributed by atoms with Crippen molar-refractivity contribution < 1.29 is 39.5 Å². The van der Waals surface area contributed by atoms with Crippen LogP contribution in [0.25, 0.3) is 0 Å². The highest BCUT2D eigenvalue weighted by Gasteiger charge is 2.81. The van der Waals surface area contributed by atoms with E-state index in [0.29, 0.717) is 4.68 Å². The first-order valence-corrected chi connectivity index (χ1v) is 5.29. The zero-order chi connectivity index (χ0) is 16.7. The number of halogens is 9. The second-order valence-corrected chi connectivity index (χ2v) is 4.22. The smallest absolute Gasteiger partial charge is 0.252 e. The molecule has 1 heterocycles. The van der Waals surface area contributed by atoms with E-state index < -0.39 is 36.9 Å². The standard InChI is InChI=1S/C9H8F9N3/c1-5-4-21(20-19-5)3-2-6(10,11)7(12,13)8(14,15)9(16,17)18/h4H,2-3H2,1H3. The molecule has 0 aliphatic rings. The second kappa shape index (κ2) is 5.05. The summed E-state index contributed by atoms with van der Waals surface area (Å²) in [6.45, 7) is 0.380. The van der Waals surface area contributed by atoms with Crippen molar-refractivity contribution in [3.05, 3.63) is 11.9 Å². The highest BCUT2D eigenvalue weighted by molar-refractivity contribution is 5.00. The summed E-state index contributed by atoms with van der Waals surface area (Å²) in [4.78, 5) is 0. The average molecular weight is 329 g/mol. The number of hydrogen-bond donors (Lipinski definition) is 0. The van der Waals surface area contributed by atoms with Gasteiger partial charge in [-0.15, -0.1) is 5.10 Å². The molecule has 0 amide bonds. The van der Waals surface area contributed by atoms with Crippen molar-refractivity contribution >= 4 is 0 Å². The second-order valence-electron chi connectivity index (χ2n) is 4.22. The molecule has 1 rings (SSSR count). The summed E-state index contributed by atoms with van der Waals surface area (Å²) >= 11 is 0. The SMILES string of the molecule is Cc1cn(CCC(F)(F)C(F)(F)C(F)(F)C(F)(F)F)nn1. The Morgan fingerprint density at radius 2 is 1.48 bits per heavy atom. The summed E-state index contributed by atoms with van der Waals surface area (Å²) in [7, 11) is 0. The first-order chi connectivity index (χ1) is 9.22. The molecule has 1 aromatic rings.